The number of amides is 2. The van der Waals surface area contributed by atoms with Gasteiger partial charge in [0.2, 0.25) is 0 Å². The summed E-state index contributed by atoms with van der Waals surface area (Å²) in [6.45, 7) is 0.415. The molecule has 1 fully saturated rings. The molecule has 1 saturated heterocycles. The van der Waals surface area contributed by atoms with Crippen LogP contribution in [0.2, 0.25) is 0 Å². The predicted octanol–water partition coefficient (Wildman–Crippen LogP) is 6.33. The Morgan fingerprint density at radius 3 is 2.30 bits per heavy atom. The van der Waals surface area contributed by atoms with Crippen LogP contribution >= 0.6 is 11.3 Å². The minimum Gasteiger partial charge on any atom is -0.404 e. The number of carbonyl (C=O) groups excluding carboxylic acids is 2. The minimum absolute atomic E-state index is 0.000535. The zero-order valence-corrected chi connectivity index (χ0v) is 19.7. The first kappa shape index (κ1) is 26.5. The third kappa shape index (κ3) is 6.40. The molecule has 13 heteroatoms. The number of ether oxygens (including phenoxy) is 1. The molecule has 2 heterocycles. The lowest BCUT2D eigenvalue weighted by molar-refractivity contribution is -0.274. The lowest BCUT2D eigenvalue weighted by Crippen LogP contribution is -2.38. The van der Waals surface area contributed by atoms with E-state index < -0.39 is 41.2 Å². The number of anilines is 1. The van der Waals surface area contributed by atoms with Crippen LogP contribution in [-0.2, 0) is 6.18 Å². The van der Waals surface area contributed by atoms with Crippen LogP contribution in [0, 0.1) is 0 Å². The summed E-state index contributed by atoms with van der Waals surface area (Å²) in [7, 11) is 0. The largest absolute Gasteiger partial charge is 0.573 e. The normalized spacial score (nSPS) is 14.9. The number of carbonyl (C=O) groups is 2. The molecule has 0 unspecified atom stereocenters. The van der Waals surface area contributed by atoms with E-state index in [1.165, 1.54) is 51.9 Å². The summed E-state index contributed by atoms with van der Waals surface area (Å²) >= 11 is 1.19. The molecule has 1 aromatic heterocycles. The van der Waals surface area contributed by atoms with E-state index in [9.17, 15) is 35.9 Å². The van der Waals surface area contributed by atoms with E-state index in [1.54, 1.807) is 0 Å². The quantitative estimate of drug-likeness (QED) is 0.382. The summed E-state index contributed by atoms with van der Waals surface area (Å²) in [6.07, 6.45) is -8.73. The first-order chi connectivity index (χ1) is 17.4. The Bertz CT molecular complexity index is 1280. The van der Waals surface area contributed by atoms with Crippen molar-refractivity contribution in [3.8, 4) is 5.75 Å². The van der Waals surface area contributed by atoms with Gasteiger partial charge < -0.3 is 15.0 Å². The van der Waals surface area contributed by atoms with Gasteiger partial charge in [0.05, 0.1) is 21.8 Å². The first-order valence-corrected chi connectivity index (χ1v) is 11.9. The molecular formula is C24H19F6N3O3S. The molecule has 0 saturated carbocycles. The summed E-state index contributed by atoms with van der Waals surface area (Å²) in [5.41, 5.74) is -1.57. The van der Waals surface area contributed by atoms with E-state index in [0.29, 0.717) is 17.8 Å². The second-order valence-corrected chi connectivity index (χ2v) is 9.07. The Kier molecular flexibility index (Phi) is 7.44. The van der Waals surface area contributed by atoms with Crippen LogP contribution in [-0.4, -0.2) is 41.2 Å². The fraction of sp³-hybridized carbons (Fsp3) is 0.292. The van der Waals surface area contributed by atoms with Gasteiger partial charge in [0, 0.05) is 24.4 Å². The molecule has 0 spiro atoms. The van der Waals surface area contributed by atoms with Crippen molar-refractivity contribution in [2.75, 3.05) is 18.4 Å². The maximum absolute atomic E-state index is 13.3. The Morgan fingerprint density at radius 2 is 1.62 bits per heavy atom. The lowest BCUT2D eigenvalue weighted by atomic mass is 9.96. The van der Waals surface area contributed by atoms with E-state index in [-0.39, 0.29) is 30.4 Å². The van der Waals surface area contributed by atoms with Crippen molar-refractivity contribution in [1.82, 2.24) is 9.88 Å². The molecule has 0 atom stereocenters. The van der Waals surface area contributed by atoms with Crippen molar-refractivity contribution >= 4 is 28.8 Å². The molecule has 196 valence electrons. The predicted molar refractivity (Wildman–Crippen MR) is 123 cm³/mol. The molecular weight excluding hydrogens is 524 g/mol. The van der Waals surface area contributed by atoms with Crippen molar-refractivity contribution < 1.29 is 40.7 Å². The number of para-hydroxylation sites is 2. The number of benzene rings is 2. The Balaban J connectivity index is 1.39. The first-order valence-electron chi connectivity index (χ1n) is 11.0. The van der Waals surface area contributed by atoms with Gasteiger partial charge in [-0.3, -0.25) is 9.59 Å². The van der Waals surface area contributed by atoms with Gasteiger partial charge in [0.15, 0.2) is 5.75 Å². The highest BCUT2D eigenvalue weighted by molar-refractivity contribution is 7.10. The number of thiazole rings is 1. The maximum atomic E-state index is 13.3. The van der Waals surface area contributed by atoms with Crippen LogP contribution < -0.4 is 10.1 Å². The number of hydrogen-bond donors (Lipinski definition) is 1. The molecule has 1 aliphatic rings. The highest BCUT2D eigenvalue weighted by atomic mass is 32.1. The van der Waals surface area contributed by atoms with Gasteiger partial charge in [-0.15, -0.1) is 24.5 Å². The standard InChI is InChI=1S/C24H19F6N3O3S/c25-23(26,27)16-6-2-1-5-15(16)22(35)33-11-9-14(10-12-33)21-32-18(13-37-21)20(34)31-17-7-3-4-8-19(17)36-24(28,29)30/h1-8,13-14H,9-12H2,(H,31,34). The molecule has 37 heavy (non-hydrogen) atoms. The van der Waals surface area contributed by atoms with Crippen molar-refractivity contribution in [3.05, 3.63) is 75.7 Å². The van der Waals surface area contributed by atoms with Crippen LogP contribution in [0.3, 0.4) is 0 Å². The Labute approximate surface area is 210 Å². The molecule has 1 aliphatic heterocycles. The van der Waals surface area contributed by atoms with Crippen molar-refractivity contribution in [1.29, 1.82) is 0 Å². The molecule has 2 amide bonds. The van der Waals surface area contributed by atoms with E-state index >= 15 is 0 Å². The van der Waals surface area contributed by atoms with Gasteiger partial charge in [-0.25, -0.2) is 4.98 Å². The van der Waals surface area contributed by atoms with Gasteiger partial charge >= 0.3 is 12.5 Å². The zero-order chi connectivity index (χ0) is 26.8. The SMILES string of the molecule is O=C(Nc1ccccc1OC(F)(F)F)c1csc(C2CCN(C(=O)c3ccccc3C(F)(F)F)CC2)n1. The zero-order valence-electron chi connectivity index (χ0n) is 18.9. The molecule has 2 aromatic carbocycles. The van der Waals surface area contributed by atoms with E-state index in [0.717, 1.165) is 18.2 Å². The fourth-order valence-electron chi connectivity index (χ4n) is 3.97. The number of aromatic nitrogens is 1. The van der Waals surface area contributed by atoms with Gasteiger partial charge in [0.25, 0.3) is 11.8 Å². The van der Waals surface area contributed by atoms with Crippen molar-refractivity contribution in [2.24, 2.45) is 0 Å². The maximum Gasteiger partial charge on any atom is 0.573 e. The van der Waals surface area contributed by atoms with Crippen molar-refractivity contribution in [2.45, 2.75) is 31.3 Å². The van der Waals surface area contributed by atoms with Crippen LogP contribution in [0.25, 0.3) is 0 Å². The summed E-state index contributed by atoms with van der Waals surface area (Å²) in [5, 5.41) is 4.42. The molecule has 3 aromatic rings. The molecule has 0 radical (unpaired) electrons. The molecule has 6 nitrogen and oxygen atoms in total. The van der Waals surface area contributed by atoms with Crippen molar-refractivity contribution in [3.63, 3.8) is 0 Å². The average molecular weight is 543 g/mol. The highest BCUT2D eigenvalue weighted by Gasteiger charge is 2.37. The number of rotatable bonds is 5. The number of nitrogens with one attached hydrogen (secondary N) is 1. The molecule has 0 aliphatic carbocycles. The highest BCUT2D eigenvalue weighted by Crippen LogP contribution is 2.35. The number of piperidine rings is 1. The van der Waals surface area contributed by atoms with Gasteiger partial charge in [0.1, 0.15) is 5.69 Å². The summed E-state index contributed by atoms with van der Waals surface area (Å²) in [5.74, 6) is -2.13. The fourth-order valence-corrected chi connectivity index (χ4v) is 4.94. The van der Waals surface area contributed by atoms with Crippen LogP contribution in [0.4, 0.5) is 32.0 Å². The third-order valence-electron chi connectivity index (χ3n) is 5.71. The molecule has 1 N–H and O–H groups in total. The second kappa shape index (κ2) is 10.4. The average Bonchev–Trinajstić information content (AvgIpc) is 3.34. The number of nitrogens with zero attached hydrogens (tertiary/aromatic N) is 2. The van der Waals surface area contributed by atoms with Gasteiger partial charge in [-0.1, -0.05) is 24.3 Å². The van der Waals surface area contributed by atoms with E-state index in [2.05, 4.69) is 15.0 Å². The van der Waals surface area contributed by atoms with E-state index in [4.69, 9.17) is 0 Å². The number of alkyl halides is 6. The summed E-state index contributed by atoms with van der Waals surface area (Å²) in [4.78, 5) is 31.0. The third-order valence-corrected chi connectivity index (χ3v) is 6.72. The topological polar surface area (TPSA) is 71.5 Å². The molecule has 4 rings (SSSR count). The molecule has 0 bridgehead atoms. The van der Waals surface area contributed by atoms with Crippen LogP contribution in [0.5, 0.6) is 5.75 Å². The lowest BCUT2D eigenvalue weighted by Gasteiger charge is -2.31. The Hall–Kier alpha value is -3.61. The number of likely N-dealkylation sites (tertiary alicyclic amines) is 1. The van der Waals surface area contributed by atoms with E-state index in [1.807, 2.05) is 0 Å². The van der Waals surface area contributed by atoms with Crippen LogP contribution in [0.1, 0.15) is 50.2 Å². The number of hydrogen-bond acceptors (Lipinski definition) is 5. The Morgan fingerprint density at radius 1 is 0.973 bits per heavy atom. The monoisotopic (exact) mass is 543 g/mol. The van der Waals surface area contributed by atoms with Crippen LogP contribution in [0.15, 0.2) is 53.9 Å². The summed E-state index contributed by atoms with van der Waals surface area (Å²) < 4.78 is 81.7. The second-order valence-electron chi connectivity index (χ2n) is 8.18. The minimum atomic E-state index is -4.93. The van der Waals surface area contributed by atoms with Gasteiger partial charge in [-0.05, 0) is 37.1 Å². The smallest absolute Gasteiger partial charge is 0.404 e. The number of halogens is 6. The van der Waals surface area contributed by atoms with Gasteiger partial charge in [-0.2, -0.15) is 13.2 Å². The summed E-state index contributed by atoms with van der Waals surface area (Å²) in [6, 6.07) is 9.73.